The summed E-state index contributed by atoms with van der Waals surface area (Å²) in [5, 5.41) is 0.204. The quantitative estimate of drug-likeness (QED) is 0.106. The Bertz CT molecular complexity index is 2230. The first-order valence-corrected chi connectivity index (χ1v) is 17.8. The number of nitrogens with zero attached hydrogens (tertiary/aromatic N) is 5. The van der Waals surface area contributed by atoms with Crippen molar-refractivity contribution in [1.29, 1.82) is 0 Å². The van der Waals surface area contributed by atoms with E-state index in [4.69, 9.17) is 4.74 Å². The van der Waals surface area contributed by atoms with Crippen LogP contribution in [0.25, 0.3) is 22.2 Å². The van der Waals surface area contributed by atoms with Gasteiger partial charge in [-0.25, -0.2) is 13.8 Å². The zero-order valence-corrected chi connectivity index (χ0v) is 30.6. The van der Waals surface area contributed by atoms with Crippen LogP contribution in [0, 0.1) is 11.6 Å². The van der Waals surface area contributed by atoms with E-state index in [1.807, 2.05) is 17.0 Å². The standard InChI is InChI=1S/C41H40F5N5O4/c1-40(2,39(54)55-3)49-21-18-32(19-22-49)50(24-26-6-8-27(9-7-26)28-10-14-30(15-11-28)41(44,45)46)36(52)25-51-35(17-13-29-12-16-31(42)23-34(29)43)48-38(53)33-5-4-20-47-37(33)51/h4-12,14-16,20,23,32H,13,17-19,21-22,24-25H2,1-3H3. The van der Waals surface area contributed by atoms with Crippen LogP contribution in [0.5, 0.6) is 0 Å². The van der Waals surface area contributed by atoms with Gasteiger partial charge in [-0.05, 0) is 85.7 Å². The maximum Gasteiger partial charge on any atom is 0.416 e. The Morgan fingerprint density at radius 3 is 2.18 bits per heavy atom. The summed E-state index contributed by atoms with van der Waals surface area (Å²) in [6, 6.07) is 18.3. The highest BCUT2D eigenvalue weighted by Gasteiger charge is 2.39. The third kappa shape index (κ3) is 8.75. The van der Waals surface area contributed by atoms with Crippen LogP contribution in [0.1, 0.15) is 49.2 Å². The molecule has 0 unspecified atom stereocenters. The molecule has 0 N–H and O–H groups in total. The molecule has 6 rings (SSSR count). The SMILES string of the molecule is COC(=O)C(C)(C)N1CCC(N(Cc2ccc(-c3ccc(C(F)(F)F)cc3)cc2)C(=O)Cn2c(CCc3ccc(F)cc3F)nc(=O)c3cccnc32)CC1. The van der Waals surface area contributed by atoms with Crippen molar-refractivity contribution in [2.75, 3.05) is 20.2 Å². The molecule has 0 radical (unpaired) electrons. The van der Waals surface area contributed by atoms with E-state index in [9.17, 15) is 36.3 Å². The van der Waals surface area contributed by atoms with E-state index in [-0.39, 0.29) is 66.3 Å². The molecule has 0 atom stereocenters. The Morgan fingerprint density at radius 1 is 0.909 bits per heavy atom. The molecule has 1 aliphatic heterocycles. The predicted molar refractivity (Wildman–Crippen MR) is 196 cm³/mol. The average Bonchev–Trinajstić information content (AvgIpc) is 3.17. The fraction of sp³-hybridized carbons (Fsp3) is 0.341. The van der Waals surface area contributed by atoms with E-state index >= 15 is 0 Å². The molecule has 5 aromatic rings. The van der Waals surface area contributed by atoms with Crippen molar-refractivity contribution in [3.63, 3.8) is 0 Å². The van der Waals surface area contributed by atoms with Gasteiger partial charge in [-0.3, -0.25) is 19.3 Å². The third-order valence-corrected chi connectivity index (χ3v) is 10.3. The maximum atomic E-state index is 14.6. The number of piperidine rings is 1. The number of ether oxygens (including phenoxy) is 1. The van der Waals surface area contributed by atoms with E-state index in [2.05, 4.69) is 9.97 Å². The number of aromatic nitrogens is 3. The zero-order valence-electron chi connectivity index (χ0n) is 30.6. The fourth-order valence-electron chi connectivity index (χ4n) is 7.08. The molecule has 1 fully saturated rings. The van der Waals surface area contributed by atoms with Crippen LogP contribution in [0.4, 0.5) is 22.0 Å². The minimum atomic E-state index is -4.45. The van der Waals surface area contributed by atoms with Gasteiger partial charge in [0.15, 0.2) is 0 Å². The van der Waals surface area contributed by atoms with Crippen molar-refractivity contribution in [3.05, 3.63) is 130 Å². The number of halogens is 5. The molecule has 0 spiro atoms. The lowest BCUT2D eigenvalue weighted by atomic mass is 9.95. The molecule has 3 aromatic carbocycles. The number of methoxy groups -OCH3 is 1. The number of fused-ring (bicyclic) bond motifs is 1. The second-order valence-electron chi connectivity index (χ2n) is 14.1. The second kappa shape index (κ2) is 16.1. The van der Waals surface area contributed by atoms with Gasteiger partial charge in [-0.15, -0.1) is 0 Å². The van der Waals surface area contributed by atoms with E-state index in [0.29, 0.717) is 37.1 Å². The number of carbonyl (C=O) groups is 2. The van der Waals surface area contributed by atoms with Crippen molar-refractivity contribution in [2.45, 2.75) is 70.4 Å². The molecule has 1 saturated heterocycles. The van der Waals surface area contributed by atoms with Crippen molar-refractivity contribution in [1.82, 2.24) is 24.3 Å². The first-order valence-electron chi connectivity index (χ1n) is 17.8. The lowest BCUT2D eigenvalue weighted by Gasteiger charge is -2.44. The number of aryl methyl sites for hydroxylation is 2. The smallest absolute Gasteiger partial charge is 0.416 e. The number of alkyl halides is 3. The largest absolute Gasteiger partial charge is 0.468 e. The summed E-state index contributed by atoms with van der Waals surface area (Å²) in [4.78, 5) is 52.7. The fourth-order valence-corrected chi connectivity index (χ4v) is 7.08. The lowest BCUT2D eigenvalue weighted by Crippen LogP contribution is -2.56. The van der Waals surface area contributed by atoms with E-state index in [1.165, 1.54) is 31.5 Å². The molecule has 288 valence electrons. The topological polar surface area (TPSA) is 97.6 Å². The molecule has 0 bridgehead atoms. The van der Waals surface area contributed by atoms with Crippen LogP contribution in [0.3, 0.4) is 0 Å². The first kappa shape index (κ1) is 39.2. The number of esters is 1. The number of carbonyl (C=O) groups excluding carboxylic acids is 2. The second-order valence-corrected chi connectivity index (χ2v) is 14.1. The first-order chi connectivity index (χ1) is 26.1. The molecule has 9 nitrogen and oxygen atoms in total. The highest BCUT2D eigenvalue weighted by atomic mass is 19.4. The lowest BCUT2D eigenvalue weighted by molar-refractivity contribution is -0.155. The molecule has 0 saturated carbocycles. The molecule has 1 amide bonds. The van der Waals surface area contributed by atoms with Gasteiger partial charge < -0.3 is 14.2 Å². The van der Waals surface area contributed by atoms with E-state index in [1.54, 1.807) is 47.6 Å². The molecule has 1 aliphatic rings. The summed E-state index contributed by atoms with van der Waals surface area (Å²) in [6.07, 6.45) is -1.74. The molecule has 14 heteroatoms. The monoisotopic (exact) mass is 761 g/mol. The Morgan fingerprint density at radius 2 is 1.56 bits per heavy atom. The zero-order chi connectivity index (χ0) is 39.5. The maximum absolute atomic E-state index is 14.6. The van der Waals surface area contributed by atoms with Gasteiger partial charge in [0.25, 0.3) is 5.56 Å². The van der Waals surface area contributed by atoms with Crippen molar-refractivity contribution in [3.8, 4) is 11.1 Å². The number of rotatable bonds is 11. The van der Waals surface area contributed by atoms with Crippen molar-refractivity contribution >= 4 is 22.9 Å². The minimum absolute atomic E-state index is 0.0595. The summed E-state index contributed by atoms with van der Waals surface area (Å²) in [6.45, 7) is 4.53. The normalized spacial score (nSPS) is 14.3. The Balaban J connectivity index is 1.30. The molecule has 55 heavy (non-hydrogen) atoms. The number of benzene rings is 3. The van der Waals surface area contributed by atoms with E-state index < -0.39 is 34.5 Å². The van der Waals surface area contributed by atoms with Gasteiger partial charge in [0.05, 0.1) is 18.1 Å². The van der Waals surface area contributed by atoms with Gasteiger partial charge in [0, 0.05) is 44.4 Å². The number of hydrogen-bond donors (Lipinski definition) is 0. The average molecular weight is 762 g/mol. The van der Waals surface area contributed by atoms with Crippen molar-refractivity contribution < 1.29 is 36.3 Å². The third-order valence-electron chi connectivity index (χ3n) is 10.3. The number of pyridine rings is 1. The van der Waals surface area contributed by atoms with Crippen LogP contribution in [0.2, 0.25) is 0 Å². The highest BCUT2D eigenvalue weighted by molar-refractivity contribution is 5.81. The van der Waals surface area contributed by atoms with Crippen LogP contribution in [-0.2, 0) is 46.4 Å². The van der Waals surface area contributed by atoms with Gasteiger partial charge in [0.2, 0.25) is 5.91 Å². The van der Waals surface area contributed by atoms with Crippen LogP contribution in [-0.4, -0.2) is 68.0 Å². The highest BCUT2D eigenvalue weighted by Crippen LogP contribution is 2.32. The number of hydrogen-bond acceptors (Lipinski definition) is 7. The Kier molecular flexibility index (Phi) is 11.5. The van der Waals surface area contributed by atoms with Crippen LogP contribution >= 0.6 is 0 Å². The van der Waals surface area contributed by atoms with Gasteiger partial charge in [0.1, 0.15) is 35.2 Å². The predicted octanol–water partition coefficient (Wildman–Crippen LogP) is 6.99. The Labute approximate surface area is 314 Å². The van der Waals surface area contributed by atoms with Crippen LogP contribution in [0.15, 0.2) is 89.9 Å². The summed E-state index contributed by atoms with van der Waals surface area (Å²) in [5.74, 6) is -1.91. The Hall–Kier alpha value is -5.50. The van der Waals surface area contributed by atoms with Crippen LogP contribution < -0.4 is 5.56 Å². The molecular weight excluding hydrogens is 721 g/mol. The molecule has 2 aromatic heterocycles. The number of likely N-dealkylation sites (tertiary alicyclic amines) is 1. The molecular formula is C41H40F5N5O4. The number of amides is 1. The van der Waals surface area contributed by atoms with Gasteiger partial charge >= 0.3 is 12.1 Å². The summed E-state index contributed by atoms with van der Waals surface area (Å²) in [7, 11) is 1.34. The summed E-state index contributed by atoms with van der Waals surface area (Å²) < 4.78 is 74.2. The van der Waals surface area contributed by atoms with Gasteiger partial charge in [-0.2, -0.15) is 18.2 Å². The summed E-state index contributed by atoms with van der Waals surface area (Å²) in [5.41, 5.74) is 0.363. The summed E-state index contributed by atoms with van der Waals surface area (Å²) >= 11 is 0. The van der Waals surface area contributed by atoms with Crippen molar-refractivity contribution in [2.24, 2.45) is 0 Å². The molecule has 0 aliphatic carbocycles. The van der Waals surface area contributed by atoms with Gasteiger partial charge in [-0.1, -0.05) is 42.5 Å². The van der Waals surface area contributed by atoms with E-state index in [0.717, 1.165) is 29.8 Å². The minimum Gasteiger partial charge on any atom is -0.468 e. The molecule has 3 heterocycles.